The van der Waals surface area contributed by atoms with Crippen molar-refractivity contribution >= 4 is 17.7 Å². The van der Waals surface area contributed by atoms with Crippen LogP contribution in [0.1, 0.15) is 31.4 Å². The van der Waals surface area contributed by atoms with E-state index in [-0.39, 0.29) is 11.3 Å². The molecule has 0 bridgehead atoms. The van der Waals surface area contributed by atoms with Crippen molar-refractivity contribution in [1.82, 2.24) is 5.32 Å². The summed E-state index contributed by atoms with van der Waals surface area (Å²) in [6.07, 6.45) is 0.514. The fraction of sp³-hybridized carbons (Fsp3) is 0.381. The first-order valence-electron chi connectivity index (χ1n) is 8.51. The Morgan fingerprint density at radius 3 is 2.52 bits per heavy atom. The van der Waals surface area contributed by atoms with Gasteiger partial charge in [0, 0.05) is 29.0 Å². The third-order valence-corrected chi connectivity index (χ3v) is 5.20. The maximum absolute atomic E-state index is 12.1. The second-order valence-corrected chi connectivity index (χ2v) is 7.97. The van der Waals surface area contributed by atoms with E-state index in [1.165, 1.54) is 11.1 Å². The summed E-state index contributed by atoms with van der Waals surface area (Å²) < 4.78 is 5.15. The fourth-order valence-electron chi connectivity index (χ4n) is 2.51. The lowest BCUT2D eigenvalue weighted by molar-refractivity contribution is -0.120. The second-order valence-electron chi connectivity index (χ2n) is 6.80. The summed E-state index contributed by atoms with van der Waals surface area (Å²) in [5.41, 5.74) is 2.42. The molecule has 0 fully saturated rings. The Morgan fingerprint density at radius 1 is 1.16 bits per heavy atom. The van der Waals surface area contributed by atoms with E-state index in [9.17, 15) is 4.79 Å². The van der Waals surface area contributed by atoms with E-state index < -0.39 is 0 Å². The zero-order valence-electron chi connectivity index (χ0n) is 15.5. The van der Waals surface area contributed by atoms with Crippen LogP contribution in [0.4, 0.5) is 0 Å². The van der Waals surface area contributed by atoms with Crippen molar-refractivity contribution < 1.29 is 9.53 Å². The van der Waals surface area contributed by atoms with E-state index >= 15 is 0 Å². The molecular formula is C21H27NO2S. The first-order valence-corrected chi connectivity index (χ1v) is 9.50. The molecule has 0 atom stereocenters. The molecule has 1 amide bonds. The lowest BCUT2D eigenvalue weighted by Gasteiger charge is -2.26. The van der Waals surface area contributed by atoms with Gasteiger partial charge < -0.3 is 10.1 Å². The molecule has 0 unspecified atom stereocenters. The predicted octanol–water partition coefficient (Wildman–Crippen LogP) is 4.58. The molecule has 25 heavy (non-hydrogen) atoms. The number of nitrogens with one attached hydrogen (secondary N) is 1. The van der Waals surface area contributed by atoms with E-state index in [0.29, 0.717) is 13.0 Å². The number of thioether (sulfide) groups is 1. The topological polar surface area (TPSA) is 38.3 Å². The second kappa shape index (κ2) is 8.95. The van der Waals surface area contributed by atoms with Crippen molar-refractivity contribution in [1.29, 1.82) is 0 Å². The number of hydrogen-bond donors (Lipinski definition) is 1. The largest absolute Gasteiger partial charge is 0.497 e. The minimum absolute atomic E-state index is 0.0786. The molecule has 0 saturated heterocycles. The summed E-state index contributed by atoms with van der Waals surface area (Å²) in [5.74, 6) is 1.71. The molecule has 2 aromatic carbocycles. The average Bonchev–Trinajstić information content (AvgIpc) is 2.61. The first-order chi connectivity index (χ1) is 11.9. The number of amides is 1. The third-order valence-electron chi connectivity index (χ3n) is 4.18. The Morgan fingerprint density at radius 2 is 1.88 bits per heavy atom. The summed E-state index contributed by atoms with van der Waals surface area (Å²) in [7, 11) is 1.66. The van der Waals surface area contributed by atoms with Crippen LogP contribution in [0.2, 0.25) is 0 Å². The van der Waals surface area contributed by atoms with Gasteiger partial charge in [0.2, 0.25) is 5.91 Å². The van der Waals surface area contributed by atoms with Crippen LogP contribution >= 0.6 is 11.8 Å². The van der Waals surface area contributed by atoms with Crippen LogP contribution in [-0.2, 0) is 10.2 Å². The first kappa shape index (κ1) is 19.4. The van der Waals surface area contributed by atoms with Crippen LogP contribution < -0.4 is 10.1 Å². The highest BCUT2D eigenvalue weighted by molar-refractivity contribution is 7.99. The minimum atomic E-state index is -0.0786. The van der Waals surface area contributed by atoms with Crippen molar-refractivity contribution in [3.05, 3.63) is 59.7 Å². The molecule has 4 heteroatoms. The zero-order valence-corrected chi connectivity index (χ0v) is 16.3. The summed E-state index contributed by atoms with van der Waals surface area (Å²) in [5, 5.41) is 3.07. The van der Waals surface area contributed by atoms with Gasteiger partial charge >= 0.3 is 0 Å². The smallest absolute Gasteiger partial charge is 0.220 e. The number of carbonyl (C=O) groups excluding carboxylic acids is 1. The van der Waals surface area contributed by atoms with Gasteiger partial charge in [0.15, 0.2) is 0 Å². The van der Waals surface area contributed by atoms with Gasteiger partial charge in [-0.3, -0.25) is 4.79 Å². The molecule has 0 aliphatic rings. The van der Waals surface area contributed by atoms with Crippen LogP contribution in [0.3, 0.4) is 0 Å². The highest BCUT2D eigenvalue weighted by Gasteiger charge is 2.21. The van der Waals surface area contributed by atoms with Crippen molar-refractivity contribution in [3.63, 3.8) is 0 Å². The monoisotopic (exact) mass is 357 g/mol. The number of ether oxygens (including phenoxy) is 1. The SMILES string of the molecule is COc1ccc(SCCC(=O)NCC(C)(C)c2cccc(C)c2)cc1. The number of hydrogen-bond acceptors (Lipinski definition) is 3. The molecule has 1 N–H and O–H groups in total. The van der Waals surface area contributed by atoms with E-state index in [2.05, 4.69) is 50.4 Å². The van der Waals surface area contributed by atoms with Crippen molar-refractivity contribution in [2.24, 2.45) is 0 Å². The molecule has 0 heterocycles. The highest BCUT2D eigenvalue weighted by atomic mass is 32.2. The molecule has 0 radical (unpaired) electrons. The van der Waals surface area contributed by atoms with E-state index in [4.69, 9.17) is 4.74 Å². The molecule has 0 spiro atoms. The summed E-state index contributed by atoms with van der Waals surface area (Å²) in [6, 6.07) is 16.4. The van der Waals surface area contributed by atoms with Crippen LogP contribution in [0.25, 0.3) is 0 Å². The van der Waals surface area contributed by atoms with Crippen molar-refractivity contribution in [2.75, 3.05) is 19.4 Å². The van der Waals surface area contributed by atoms with Crippen molar-refractivity contribution in [3.8, 4) is 5.75 Å². The highest BCUT2D eigenvalue weighted by Crippen LogP contribution is 2.24. The number of methoxy groups -OCH3 is 1. The Labute approximate surface area is 155 Å². The minimum Gasteiger partial charge on any atom is -0.497 e. The van der Waals surface area contributed by atoms with Crippen LogP contribution in [0, 0.1) is 6.92 Å². The molecule has 2 rings (SSSR count). The normalized spacial score (nSPS) is 11.2. The van der Waals surface area contributed by atoms with Crippen LogP contribution in [0.5, 0.6) is 5.75 Å². The van der Waals surface area contributed by atoms with Gasteiger partial charge in [-0.15, -0.1) is 11.8 Å². The van der Waals surface area contributed by atoms with Crippen LogP contribution in [0.15, 0.2) is 53.4 Å². The predicted molar refractivity (Wildman–Crippen MR) is 106 cm³/mol. The molecular weight excluding hydrogens is 330 g/mol. The van der Waals surface area contributed by atoms with E-state index in [1.807, 2.05) is 24.3 Å². The summed E-state index contributed by atoms with van der Waals surface area (Å²) in [6.45, 7) is 7.05. The number of rotatable bonds is 8. The maximum Gasteiger partial charge on any atom is 0.220 e. The van der Waals surface area contributed by atoms with Gasteiger partial charge in [-0.05, 0) is 36.8 Å². The van der Waals surface area contributed by atoms with Gasteiger partial charge in [0.1, 0.15) is 5.75 Å². The molecule has 0 aliphatic carbocycles. The van der Waals surface area contributed by atoms with Crippen LogP contribution in [-0.4, -0.2) is 25.3 Å². The number of benzene rings is 2. The fourth-order valence-corrected chi connectivity index (χ4v) is 3.36. The van der Waals surface area contributed by atoms with Gasteiger partial charge in [-0.25, -0.2) is 0 Å². The lowest BCUT2D eigenvalue weighted by Crippen LogP contribution is -2.36. The number of aryl methyl sites for hydroxylation is 1. The van der Waals surface area contributed by atoms with Crippen molar-refractivity contribution in [2.45, 2.75) is 37.5 Å². The third kappa shape index (κ3) is 6.13. The Kier molecular flexibility index (Phi) is 6.94. The molecule has 134 valence electrons. The summed E-state index contributed by atoms with van der Waals surface area (Å²) in [4.78, 5) is 13.3. The summed E-state index contributed by atoms with van der Waals surface area (Å²) >= 11 is 1.68. The maximum atomic E-state index is 12.1. The van der Waals surface area contributed by atoms with Gasteiger partial charge in [-0.2, -0.15) is 0 Å². The molecule has 2 aromatic rings. The Balaban J connectivity index is 1.76. The van der Waals surface area contributed by atoms with Gasteiger partial charge in [-0.1, -0.05) is 43.7 Å². The number of carbonyl (C=O) groups is 1. The van der Waals surface area contributed by atoms with Gasteiger partial charge in [0.25, 0.3) is 0 Å². The molecule has 3 nitrogen and oxygen atoms in total. The molecule has 0 aliphatic heterocycles. The van der Waals surface area contributed by atoms with E-state index in [1.54, 1.807) is 18.9 Å². The quantitative estimate of drug-likeness (QED) is 0.703. The lowest BCUT2D eigenvalue weighted by atomic mass is 9.84. The van der Waals surface area contributed by atoms with Gasteiger partial charge in [0.05, 0.1) is 7.11 Å². The standard InChI is InChI=1S/C21H27NO2S/c1-16-6-5-7-17(14-16)21(2,3)15-22-20(23)12-13-25-19-10-8-18(24-4)9-11-19/h5-11,14H,12-13,15H2,1-4H3,(H,22,23). The Hall–Kier alpha value is -1.94. The molecule has 0 saturated carbocycles. The molecule has 0 aromatic heterocycles. The zero-order chi connectivity index (χ0) is 18.3. The Bertz CT molecular complexity index is 695. The average molecular weight is 358 g/mol. The van der Waals surface area contributed by atoms with E-state index in [0.717, 1.165) is 16.4 Å².